The molecular weight excluding hydrogens is 558 g/mol. The molecule has 0 radical (unpaired) electrons. The number of carbonyl (C=O) groups excluding carboxylic acids is 1. The Kier molecular flexibility index (Phi) is 8.99. The van der Waals surface area contributed by atoms with Crippen molar-refractivity contribution in [2.24, 2.45) is 5.92 Å². The number of dihydropyridines is 1. The van der Waals surface area contributed by atoms with Gasteiger partial charge < -0.3 is 25.0 Å². The number of benzene rings is 2. The molecule has 1 atom stereocenters. The minimum absolute atomic E-state index is 0.164. The molecule has 3 heterocycles. The average Bonchev–Trinajstić information content (AvgIpc) is 3.68. The number of rotatable bonds is 8. The van der Waals surface area contributed by atoms with E-state index in [4.69, 9.17) is 16.3 Å². The van der Waals surface area contributed by atoms with E-state index < -0.39 is 5.60 Å². The van der Waals surface area contributed by atoms with Crippen molar-refractivity contribution in [1.29, 1.82) is 0 Å². The number of ether oxygens (including phenoxy) is 1. The van der Waals surface area contributed by atoms with Gasteiger partial charge in [-0.3, -0.25) is 4.79 Å². The van der Waals surface area contributed by atoms with Crippen molar-refractivity contribution >= 4 is 23.1 Å². The molecule has 228 valence electrons. The molecule has 0 unspecified atom stereocenters. The van der Waals surface area contributed by atoms with Crippen molar-refractivity contribution in [2.75, 3.05) is 32.8 Å². The molecule has 43 heavy (non-hydrogen) atoms. The smallest absolute Gasteiger partial charge is 0.226 e. The summed E-state index contributed by atoms with van der Waals surface area (Å²) in [5.41, 5.74) is 5.49. The number of nitrogens with zero attached hydrogens (tertiary/aromatic N) is 2. The molecule has 6 rings (SSSR count). The molecule has 2 aromatic rings. The van der Waals surface area contributed by atoms with Crippen molar-refractivity contribution < 1.29 is 14.6 Å². The van der Waals surface area contributed by atoms with Gasteiger partial charge in [0.25, 0.3) is 0 Å². The lowest BCUT2D eigenvalue weighted by molar-refractivity contribution is -0.138. The summed E-state index contributed by atoms with van der Waals surface area (Å²) in [5, 5.41) is 15.0. The number of halogens is 1. The van der Waals surface area contributed by atoms with Gasteiger partial charge in [0.05, 0.1) is 11.3 Å². The normalized spacial score (nSPS) is 21.8. The van der Waals surface area contributed by atoms with Crippen molar-refractivity contribution in [3.63, 3.8) is 0 Å². The molecule has 7 heteroatoms. The maximum absolute atomic E-state index is 13.7. The van der Waals surface area contributed by atoms with E-state index in [1.807, 2.05) is 50.2 Å². The Morgan fingerprint density at radius 3 is 2.72 bits per heavy atom. The highest BCUT2D eigenvalue weighted by Crippen LogP contribution is 2.39. The van der Waals surface area contributed by atoms with Gasteiger partial charge in [-0.2, -0.15) is 0 Å². The predicted molar refractivity (Wildman–Crippen MR) is 173 cm³/mol. The lowest BCUT2D eigenvalue weighted by Crippen LogP contribution is -2.44. The Morgan fingerprint density at radius 1 is 1.16 bits per heavy atom. The third kappa shape index (κ3) is 6.87. The zero-order chi connectivity index (χ0) is 30.0. The van der Waals surface area contributed by atoms with Gasteiger partial charge in [-0.25, -0.2) is 0 Å². The first-order chi connectivity index (χ1) is 20.8. The van der Waals surface area contributed by atoms with Gasteiger partial charge in [0.1, 0.15) is 12.4 Å². The molecule has 1 saturated carbocycles. The Balaban J connectivity index is 1.19. The SMILES string of the molecule is CC(C)(O)c1ccc2c(c1)/C(=C/CCN1CC[C@H](N(Cc3ccc(Cl)cc3)C(=O)C3CCCC3)C1)C1=C(CO2)NCC=C1. The molecule has 1 aliphatic carbocycles. The predicted octanol–water partition coefficient (Wildman–Crippen LogP) is 6.44. The number of carbonyl (C=O) groups is 1. The van der Waals surface area contributed by atoms with E-state index in [0.29, 0.717) is 19.1 Å². The van der Waals surface area contributed by atoms with Crippen molar-refractivity contribution in [1.82, 2.24) is 15.1 Å². The number of aliphatic hydroxyl groups is 1. The molecule has 2 N–H and O–H groups in total. The highest BCUT2D eigenvalue weighted by Gasteiger charge is 2.35. The van der Waals surface area contributed by atoms with Gasteiger partial charge in [0, 0.05) is 60.8 Å². The minimum Gasteiger partial charge on any atom is -0.487 e. The quantitative estimate of drug-likeness (QED) is 0.365. The third-order valence-corrected chi connectivity index (χ3v) is 9.67. The molecule has 0 spiro atoms. The zero-order valence-corrected chi connectivity index (χ0v) is 26.2. The zero-order valence-electron chi connectivity index (χ0n) is 25.4. The second-order valence-corrected chi connectivity index (χ2v) is 13.4. The van der Waals surface area contributed by atoms with Gasteiger partial charge in [-0.1, -0.05) is 60.9 Å². The van der Waals surface area contributed by atoms with Crippen LogP contribution in [0.3, 0.4) is 0 Å². The van der Waals surface area contributed by atoms with Crippen LogP contribution >= 0.6 is 11.6 Å². The first-order valence-electron chi connectivity index (χ1n) is 15.9. The largest absolute Gasteiger partial charge is 0.487 e. The van der Waals surface area contributed by atoms with Crippen LogP contribution in [0.15, 0.2) is 72.0 Å². The van der Waals surface area contributed by atoms with Crippen LogP contribution < -0.4 is 10.1 Å². The molecule has 6 nitrogen and oxygen atoms in total. The Morgan fingerprint density at radius 2 is 1.95 bits per heavy atom. The number of hydrogen-bond acceptors (Lipinski definition) is 5. The van der Waals surface area contributed by atoms with Gasteiger partial charge in [0.2, 0.25) is 5.91 Å². The van der Waals surface area contributed by atoms with Crippen LogP contribution in [-0.2, 0) is 16.9 Å². The number of allylic oxidation sites excluding steroid dienone is 3. The maximum Gasteiger partial charge on any atom is 0.226 e. The van der Waals surface area contributed by atoms with Crippen molar-refractivity contribution in [3.8, 4) is 5.75 Å². The fourth-order valence-corrected chi connectivity index (χ4v) is 7.07. The van der Waals surface area contributed by atoms with Gasteiger partial charge in [-0.05, 0) is 80.5 Å². The fourth-order valence-electron chi connectivity index (χ4n) is 6.94. The molecule has 0 aromatic heterocycles. The molecule has 2 aromatic carbocycles. The fraction of sp³-hybridized carbons (Fsp3) is 0.472. The standard InChI is InChI=1S/C36H44ClN3O3/c1-36(2,42)27-13-16-34-32(21-27)30(31-9-5-18-38-33(31)24-43-34)10-6-19-39-20-17-29(23-39)40(35(41)26-7-3-4-8-26)22-25-11-14-28(37)15-12-25/h5,9-16,21,26,29,38,42H,3-4,6-8,17-20,22-24H2,1-2H3/b30-10+/t29-/m0/s1. The van der Waals surface area contributed by atoms with Crippen LogP contribution in [0.1, 0.15) is 69.1 Å². The maximum atomic E-state index is 13.7. The highest BCUT2D eigenvalue weighted by molar-refractivity contribution is 6.30. The van der Waals surface area contributed by atoms with E-state index in [1.165, 1.54) is 0 Å². The summed E-state index contributed by atoms with van der Waals surface area (Å²) in [6.45, 7) is 8.38. The molecule has 1 saturated heterocycles. The summed E-state index contributed by atoms with van der Waals surface area (Å²) in [7, 11) is 0. The first-order valence-corrected chi connectivity index (χ1v) is 16.3. The molecular formula is C36H44ClN3O3. The van der Waals surface area contributed by atoms with Gasteiger partial charge in [-0.15, -0.1) is 0 Å². The minimum atomic E-state index is -0.942. The third-order valence-electron chi connectivity index (χ3n) is 9.42. The van der Waals surface area contributed by atoms with E-state index in [1.54, 1.807) is 0 Å². The molecule has 4 aliphatic rings. The average molecular weight is 602 g/mol. The second kappa shape index (κ2) is 12.9. The number of hydrogen-bond donors (Lipinski definition) is 2. The molecule has 2 fully saturated rings. The van der Waals surface area contributed by atoms with E-state index in [0.717, 1.165) is 109 Å². The van der Waals surface area contributed by atoms with E-state index >= 15 is 0 Å². The Bertz CT molecular complexity index is 1420. The van der Waals surface area contributed by atoms with Crippen LogP contribution in [0.5, 0.6) is 5.75 Å². The highest BCUT2D eigenvalue weighted by atomic mass is 35.5. The first kappa shape index (κ1) is 30.0. The lowest BCUT2D eigenvalue weighted by Gasteiger charge is -2.32. The van der Waals surface area contributed by atoms with E-state index in [2.05, 4.69) is 39.4 Å². The molecule has 1 amide bonds. The number of nitrogens with one attached hydrogen (secondary N) is 1. The number of amides is 1. The Hall–Kier alpha value is -3.06. The summed E-state index contributed by atoms with van der Waals surface area (Å²) in [6.07, 6.45) is 12.9. The van der Waals surface area contributed by atoms with Crippen LogP contribution in [-0.4, -0.2) is 59.6 Å². The summed E-state index contributed by atoms with van der Waals surface area (Å²) >= 11 is 6.15. The molecule has 3 aliphatic heterocycles. The topological polar surface area (TPSA) is 65.0 Å². The van der Waals surface area contributed by atoms with Crippen molar-refractivity contribution in [2.45, 2.75) is 70.6 Å². The van der Waals surface area contributed by atoms with E-state index in [9.17, 15) is 9.90 Å². The lowest BCUT2D eigenvalue weighted by atomic mass is 9.89. The Labute approximate surface area is 261 Å². The van der Waals surface area contributed by atoms with Gasteiger partial charge in [0.15, 0.2) is 0 Å². The summed E-state index contributed by atoms with van der Waals surface area (Å²) in [6, 6.07) is 14.2. The van der Waals surface area contributed by atoms with Crippen LogP contribution in [0.25, 0.3) is 5.57 Å². The van der Waals surface area contributed by atoms with Crippen molar-refractivity contribution in [3.05, 3.63) is 93.7 Å². The number of fused-ring (bicyclic) bond motifs is 1. The number of likely N-dealkylation sites (tertiary alicyclic amines) is 1. The van der Waals surface area contributed by atoms with Gasteiger partial charge >= 0.3 is 0 Å². The second-order valence-electron chi connectivity index (χ2n) is 13.0. The van der Waals surface area contributed by atoms with Crippen LogP contribution in [0, 0.1) is 5.92 Å². The summed E-state index contributed by atoms with van der Waals surface area (Å²) in [5.74, 6) is 1.33. The summed E-state index contributed by atoms with van der Waals surface area (Å²) in [4.78, 5) is 18.4. The van der Waals surface area contributed by atoms with Crippen LogP contribution in [0.2, 0.25) is 5.02 Å². The van der Waals surface area contributed by atoms with E-state index in [-0.39, 0.29) is 12.0 Å². The monoisotopic (exact) mass is 601 g/mol. The molecule has 0 bridgehead atoms. The van der Waals surface area contributed by atoms with Crippen LogP contribution in [0.4, 0.5) is 0 Å². The summed E-state index contributed by atoms with van der Waals surface area (Å²) < 4.78 is 6.22.